The second-order valence-electron chi connectivity index (χ2n) is 14.1. The quantitative estimate of drug-likeness (QED) is 0.205. The Hall–Kier alpha value is -4.22. The van der Waals surface area contributed by atoms with Crippen molar-refractivity contribution in [2.24, 2.45) is 10.8 Å². The highest BCUT2D eigenvalue weighted by atomic mass is 35.5. The Morgan fingerprint density at radius 1 is 1.02 bits per heavy atom. The van der Waals surface area contributed by atoms with E-state index in [1.807, 2.05) is 44.3 Å². The van der Waals surface area contributed by atoms with E-state index in [1.165, 1.54) is 4.90 Å². The van der Waals surface area contributed by atoms with Crippen molar-refractivity contribution in [3.8, 4) is 11.5 Å². The van der Waals surface area contributed by atoms with Crippen molar-refractivity contribution >= 4 is 62.7 Å². The van der Waals surface area contributed by atoms with Gasteiger partial charge in [0, 0.05) is 80.3 Å². The number of nitrogens with zero attached hydrogens (tertiary/aromatic N) is 3. The third-order valence-corrected chi connectivity index (χ3v) is 11.5. The molecule has 0 saturated heterocycles. The molecule has 246 valence electrons. The third-order valence-electron chi connectivity index (χ3n) is 11.2. The Labute approximate surface area is 277 Å². The van der Waals surface area contributed by atoms with E-state index in [0.29, 0.717) is 69.0 Å². The molecule has 4 N–H and O–H groups in total. The van der Waals surface area contributed by atoms with Gasteiger partial charge in [0.25, 0.3) is 0 Å². The fraction of sp³-hybridized carbons (Fsp3) is 0.457. The van der Waals surface area contributed by atoms with E-state index in [4.69, 9.17) is 16.3 Å². The Kier molecular flexibility index (Phi) is 6.66. The van der Waals surface area contributed by atoms with Gasteiger partial charge in [-0.15, -0.1) is 11.6 Å². The molecule has 3 aliphatic carbocycles. The Balaban J connectivity index is 1.04. The summed E-state index contributed by atoms with van der Waals surface area (Å²) in [6, 6.07) is 3.50. The number of hydrogen-bond donors (Lipinski definition) is 4. The lowest BCUT2D eigenvalue weighted by atomic mass is 9.34. The fourth-order valence-corrected chi connectivity index (χ4v) is 9.10. The first kappa shape index (κ1) is 30.1. The van der Waals surface area contributed by atoms with Gasteiger partial charge in [0.1, 0.15) is 5.75 Å². The van der Waals surface area contributed by atoms with Crippen LogP contribution >= 0.6 is 11.6 Å². The normalized spacial score (nSPS) is 23.9. The molecular formula is C35H39ClN6O5. The summed E-state index contributed by atoms with van der Waals surface area (Å²) in [5.74, 6) is 0.868. The van der Waals surface area contributed by atoms with Crippen molar-refractivity contribution in [1.82, 2.24) is 20.2 Å². The van der Waals surface area contributed by atoms with Gasteiger partial charge in [0.05, 0.1) is 33.2 Å². The standard InChI is InChI=1S/C35H39ClN6O5/c1-18-12-39-30-25(47-33(46)40(4)8-6-37-3)10-22-21(26(18)30)5-7-41(22)31(44)34-15-35(16-34,17-34)32(45)42-14-20(11-36)28-23(42)9-24(43)29-27(28)19(2)13-38-29/h9-10,12-13,20,37-39,43H,5-8,11,14-17H2,1-4H3. The minimum absolute atomic E-state index is 0.0102. The third kappa shape index (κ3) is 4.11. The fourth-order valence-electron chi connectivity index (χ4n) is 8.85. The highest BCUT2D eigenvalue weighted by Crippen LogP contribution is 2.75. The smallest absolute Gasteiger partial charge is 0.415 e. The number of fused-ring (bicyclic) bond motifs is 6. The molecule has 0 spiro atoms. The molecule has 4 heterocycles. The lowest BCUT2D eigenvalue weighted by Gasteiger charge is -2.69. The van der Waals surface area contributed by atoms with Crippen molar-refractivity contribution in [2.45, 2.75) is 45.4 Å². The SMILES string of the molecule is CNCCN(C)C(=O)Oc1cc2c(c3c(C)c[nH]c13)CCN2C(=O)C12CC(C(=O)N3CC(CCl)c4c3cc(O)c3[nH]cc(C)c43)(C1)C2. The van der Waals surface area contributed by atoms with E-state index in [-0.39, 0.29) is 23.5 Å². The molecule has 0 radical (unpaired) electrons. The van der Waals surface area contributed by atoms with Crippen molar-refractivity contribution in [2.75, 3.05) is 56.0 Å². The number of benzene rings is 2. The number of anilines is 2. The summed E-state index contributed by atoms with van der Waals surface area (Å²) in [5, 5.41) is 15.8. The van der Waals surface area contributed by atoms with Crippen LogP contribution in [0.25, 0.3) is 21.8 Å². The molecule has 9 rings (SSSR count). The zero-order valence-corrected chi connectivity index (χ0v) is 27.8. The van der Waals surface area contributed by atoms with Gasteiger partial charge in [-0.25, -0.2) is 4.79 Å². The Bertz CT molecular complexity index is 1990. The molecule has 4 aromatic rings. The first-order valence-corrected chi connectivity index (χ1v) is 16.8. The number of H-pyrrole nitrogens is 2. The van der Waals surface area contributed by atoms with E-state index in [9.17, 15) is 19.5 Å². The van der Waals surface area contributed by atoms with Crippen LogP contribution in [0.5, 0.6) is 11.5 Å². The second kappa shape index (κ2) is 10.4. The maximum Gasteiger partial charge on any atom is 0.415 e. The number of aromatic hydroxyl groups is 1. The van der Waals surface area contributed by atoms with Crippen molar-refractivity contribution in [1.29, 1.82) is 0 Å². The number of aromatic nitrogens is 2. The Morgan fingerprint density at radius 3 is 2.36 bits per heavy atom. The average Bonchev–Trinajstić information content (AvgIpc) is 3.78. The second-order valence-corrected chi connectivity index (χ2v) is 14.4. The number of likely N-dealkylation sites (N-methyl/N-ethyl adjacent to an activating group) is 2. The van der Waals surface area contributed by atoms with E-state index >= 15 is 0 Å². The molecule has 3 fully saturated rings. The zero-order valence-electron chi connectivity index (χ0n) is 27.1. The molecule has 3 amide bonds. The van der Waals surface area contributed by atoms with Crippen LogP contribution in [0.15, 0.2) is 24.5 Å². The number of phenols is 1. The number of alkyl halides is 1. The minimum Gasteiger partial charge on any atom is -0.506 e. The highest BCUT2D eigenvalue weighted by Gasteiger charge is 2.76. The van der Waals surface area contributed by atoms with Gasteiger partial charge >= 0.3 is 6.09 Å². The number of carbonyl (C=O) groups excluding carboxylic acids is 3. The van der Waals surface area contributed by atoms with Crippen LogP contribution in [-0.2, 0) is 16.0 Å². The number of aromatic amines is 2. The van der Waals surface area contributed by atoms with Crippen LogP contribution in [0.2, 0.25) is 0 Å². The number of phenolic OH excluding ortho intramolecular Hbond substituents is 1. The van der Waals surface area contributed by atoms with Crippen molar-refractivity contribution < 1.29 is 24.2 Å². The van der Waals surface area contributed by atoms with Crippen LogP contribution in [0.3, 0.4) is 0 Å². The van der Waals surface area contributed by atoms with Gasteiger partial charge in [-0.3, -0.25) is 9.59 Å². The van der Waals surface area contributed by atoms with E-state index < -0.39 is 16.9 Å². The van der Waals surface area contributed by atoms with Gasteiger partial charge in [-0.05, 0) is 68.8 Å². The molecule has 2 aromatic heterocycles. The number of aryl methyl sites for hydroxylation is 2. The monoisotopic (exact) mass is 658 g/mol. The maximum absolute atomic E-state index is 14.3. The maximum atomic E-state index is 14.3. The van der Waals surface area contributed by atoms with Crippen LogP contribution in [0.4, 0.5) is 16.2 Å². The van der Waals surface area contributed by atoms with Crippen LogP contribution in [-0.4, -0.2) is 84.0 Å². The predicted molar refractivity (Wildman–Crippen MR) is 181 cm³/mol. The summed E-state index contributed by atoms with van der Waals surface area (Å²) in [6.07, 6.45) is 5.51. The van der Waals surface area contributed by atoms with Gasteiger partial charge in [0.15, 0.2) is 5.75 Å². The lowest BCUT2D eigenvalue weighted by molar-refractivity contribution is -0.204. The average molecular weight is 659 g/mol. The summed E-state index contributed by atoms with van der Waals surface area (Å²) >= 11 is 6.43. The van der Waals surface area contributed by atoms with Gasteiger partial charge < -0.3 is 39.8 Å². The summed E-state index contributed by atoms with van der Waals surface area (Å²) in [4.78, 5) is 53.0. The first-order valence-electron chi connectivity index (χ1n) is 16.3. The van der Waals surface area contributed by atoms with Gasteiger partial charge in [-0.2, -0.15) is 0 Å². The van der Waals surface area contributed by atoms with Crippen LogP contribution in [0.1, 0.15) is 47.4 Å². The Morgan fingerprint density at radius 2 is 1.68 bits per heavy atom. The molecule has 47 heavy (non-hydrogen) atoms. The number of amides is 3. The minimum atomic E-state index is -0.589. The van der Waals surface area contributed by atoms with E-state index in [2.05, 4.69) is 15.3 Å². The lowest BCUT2D eigenvalue weighted by Crippen LogP contribution is -2.72. The zero-order chi connectivity index (χ0) is 33.0. The summed E-state index contributed by atoms with van der Waals surface area (Å²) in [5.41, 5.74) is 5.84. The number of rotatable bonds is 7. The van der Waals surface area contributed by atoms with Gasteiger partial charge in [-0.1, -0.05) is 0 Å². The molecule has 2 aliphatic heterocycles. The number of carbonyl (C=O) groups is 3. The van der Waals surface area contributed by atoms with E-state index in [1.54, 1.807) is 18.0 Å². The summed E-state index contributed by atoms with van der Waals surface area (Å²) < 4.78 is 5.89. The summed E-state index contributed by atoms with van der Waals surface area (Å²) in [6.45, 7) is 6.13. The van der Waals surface area contributed by atoms with Crippen molar-refractivity contribution in [3.63, 3.8) is 0 Å². The highest BCUT2D eigenvalue weighted by molar-refractivity contribution is 6.19. The molecule has 1 unspecified atom stereocenters. The predicted octanol–water partition coefficient (Wildman–Crippen LogP) is 5.05. The van der Waals surface area contributed by atoms with Gasteiger partial charge in [0.2, 0.25) is 11.8 Å². The summed E-state index contributed by atoms with van der Waals surface area (Å²) in [7, 11) is 3.52. The topological polar surface area (TPSA) is 134 Å². The number of nitrogens with one attached hydrogen (secondary N) is 3. The number of halogens is 1. The van der Waals surface area contributed by atoms with Crippen LogP contribution < -0.4 is 19.9 Å². The molecule has 2 aromatic carbocycles. The molecule has 2 bridgehead atoms. The van der Waals surface area contributed by atoms with E-state index in [0.717, 1.165) is 49.9 Å². The molecule has 11 nitrogen and oxygen atoms in total. The molecule has 5 aliphatic rings. The molecule has 1 atom stereocenters. The number of ether oxygens (including phenoxy) is 1. The molecular weight excluding hydrogens is 620 g/mol. The van der Waals surface area contributed by atoms with Crippen LogP contribution in [0, 0.1) is 24.7 Å². The van der Waals surface area contributed by atoms with Crippen molar-refractivity contribution in [3.05, 3.63) is 46.8 Å². The number of hydrogen-bond acceptors (Lipinski definition) is 6. The molecule has 3 saturated carbocycles. The first-order chi connectivity index (χ1) is 22.5. The molecule has 12 heteroatoms. The largest absolute Gasteiger partial charge is 0.506 e.